The van der Waals surface area contributed by atoms with Crippen molar-refractivity contribution in [2.24, 2.45) is 0 Å². The average molecular weight is 406 g/mol. The molecule has 6 heteroatoms. The molecular weight excluding hydrogens is 380 g/mol. The van der Waals surface area contributed by atoms with Crippen LogP contribution in [0, 0.1) is 6.92 Å². The number of carbonyl (C=O) groups excluding carboxylic acids is 2. The Hall–Kier alpha value is -2.96. The van der Waals surface area contributed by atoms with Crippen molar-refractivity contribution in [2.45, 2.75) is 13.0 Å². The fourth-order valence-electron chi connectivity index (χ4n) is 4.03. The highest BCUT2D eigenvalue weighted by atomic mass is 16.5. The summed E-state index contributed by atoms with van der Waals surface area (Å²) in [5.41, 5.74) is 2.55. The minimum absolute atomic E-state index is 0.129. The molecule has 0 saturated carbocycles. The molecule has 4 rings (SSSR count). The van der Waals surface area contributed by atoms with Gasteiger partial charge in [-0.15, -0.1) is 0 Å². The number of amides is 1. The lowest BCUT2D eigenvalue weighted by atomic mass is 9.95. The van der Waals surface area contributed by atoms with Crippen LogP contribution >= 0.6 is 0 Å². The molecule has 2 fully saturated rings. The summed E-state index contributed by atoms with van der Waals surface area (Å²) in [5, 5.41) is 11.0. The molecule has 0 bridgehead atoms. The number of aliphatic hydroxyl groups is 1. The maximum atomic E-state index is 13.0. The first-order chi connectivity index (χ1) is 14.6. The summed E-state index contributed by atoms with van der Waals surface area (Å²) in [7, 11) is 0. The van der Waals surface area contributed by atoms with Crippen LogP contribution in [0.1, 0.15) is 22.7 Å². The third-order valence-corrected chi connectivity index (χ3v) is 5.74. The fraction of sp³-hybridized carbons (Fsp3) is 0.333. The molecule has 1 amide bonds. The Balaban J connectivity index is 1.71. The van der Waals surface area contributed by atoms with E-state index in [1.54, 1.807) is 17.0 Å². The van der Waals surface area contributed by atoms with Crippen LogP contribution in [0.3, 0.4) is 0 Å². The van der Waals surface area contributed by atoms with Crippen LogP contribution in [0.25, 0.3) is 5.76 Å². The highest BCUT2D eigenvalue weighted by Crippen LogP contribution is 2.39. The lowest BCUT2D eigenvalue weighted by Gasteiger charge is -2.31. The largest absolute Gasteiger partial charge is 0.507 e. The van der Waals surface area contributed by atoms with Gasteiger partial charge >= 0.3 is 0 Å². The molecule has 1 atom stereocenters. The molecule has 6 nitrogen and oxygen atoms in total. The smallest absolute Gasteiger partial charge is 0.295 e. The van der Waals surface area contributed by atoms with Gasteiger partial charge in [0.25, 0.3) is 11.7 Å². The maximum Gasteiger partial charge on any atom is 0.295 e. The number of carbonyl (C=O) groups is 2. The lowest BCUT2D eigenvalue weighted by Crippen LogP contribution is -2.42. The van der Waals surface area contributed by atoms with Gasteiger partial charge in [0.15, 0.2) is 0 Å². The van der Waals surface area contributed by atoms with E-state index in [1.807, 2.05) is 49.4 Å². The summed E-state index contributed by atoms with van der Waals surface area (Å²) >= 11 is 0. The molecule has 2 aromatic carbocycles. The average Bonchev–Trinajstić information content (AvgIpc) is 3.04. The third-order valence-electron chi connectivity index (χ3n) is 5.74. The Morgan fingerprint density at radius 1 is 1.00 bits per heavy atom. The highest BCUT2D eigenvalue weighted by Gasteiger charge is 2.45. The van der Waals surface area contributed by atoms with Crippen molar-refractivity contribution >= 4 is 17.4 Å². The van der Waals surface area contributed by atoms with Crippen LogP contribution < -0.4 is 0 Å². The second kappa shape index (κ2) is 8.81. The van der Waals surface area contributed by atoms with Gasteiger partial charge in [-0.25, -0.2) is 0 Å². The number of aliphatic hydroxyl groups excluding tert-OH is 1. The summed E-state index contributed by atoms with van der Waals surface area (Å²) in [5.74, 6) is -1.33. The summed E-state index contributed by atoms with van der Waals surface area (Å²) in [6.45, 7) is 5.99. The van der Waals surface area contributed by atoms with Gasteiger partial charge in [-0.05, 0) is 12.5 Å². The summed E-state index contributed by atoms with van der Waals surface area (Å²) < 4.78 is 5.39. The van der Waals surface area contributed by atoms with Crippen LogP contribution in [-0.4, -0.2) is 66.0 Å². The number of Topliss-reactive ketones (excluding diaryl/α,β-unsaturated/α-hetero) is 1. The van der Waals surface area contributed by atoms with E-state index in [0.29, 0.717) is 31.9 Å². The number of aryl methyl sites for hydroxylation is 1. The van der Waals surface area contributed by atoms with Crippen molar-refractivity contribution in [1.82, 2.24) is 9.80 Å². The van der Waals surface area contributed by atoms with Gasteiger partial charge < -0.3 is 14.7 Å². The first kappa shape index (κ1) is 20.3. The molecule has 2 aliphatic rings. The molecule has 0 spiro atoms. The Kier molecular flexibility index (Phi) is 5.97. The van der Waals surface area contributed by atoms with Gasteiger partial charge in [-0.2, -0.15) is 0 Å². The predicted octanol–water partition coefficient (Wildman–Crippen LogP) is 2.75. The molecule has 2 heterocycles. The molecule has 2 aromatic rings. The first-order valence-electron chi connectivity index (χ1n) is 10.3. The van der Waals surface area contributed by atoms with Crippen LogP contribution in [0.15, 0.2) is 60.2 Å². The number of ether oxygens (including phenoxy) is 1. The van der Waals surface area contributed by atoms with Crippen molar-refractivity contribution < 1.29 is 19.4 Å². The molecule has 156 valence electrons. The molecule has 0 radical (unpaired) electrons. The van der Waals surface area contributed by atoms with Gasteiger partial charge in [0.2, 0.25) is 0 Å². The maximum absolute atomic E-state index is 13.0. The standard InChI is InChI=1S/C24H26N2O4/c1-17-7-9-19(10-8-17)22(27)20-21(18-5-3-2-4-6-18)26(24(29)23(20)28)12-11-25-13-15-30-16-14-25/h2-10,21,27H,11-16H2,1H3/b22-20-. The molecule has 2 aliphatic heterocycles. The number of morpholine rings is 1. The number of ketones is 1. The molecule has 0 aliphatic carbocycles. The zero-order valence-electron chi connectivity index (χ0n) is 17.1. The highest BCUT2D eigenvalue weighted by molar-refractivity contribution is 6.46. The summed E-state index contributed by atoms with van der Waals surface area (Å²) in [6, 6.07) is 16.1. The van der Waals surface area contributed by atoms with Gasteiger partial charge in [0.05, 0.1) is 24.8 Å². The van der Waals surface area contributed by atoms with Crippen molar-refractivity contribution in [1.29, 1.82) is 0 Å². The van der Waals surface area contributed by atoms with E-state index >= 15 is 0 Å². The van der Waals surface area contributed by atoms with E-state index in [2.05, 4.69) is 4.90 Å². The Morgan fingerprint density at radius 2 is 1.67 bits per heavy atom. The van der Waals surface area contributed by atoms with E-state index in [4.69, 9.17) is 4.74 Å². The third kappa shape index (κ3) is 4.01. The minimum Gasteiger partial charge on any atom is -0.507 e. The number of rotatable bonds is 5. The second-order valence-electron chi connectivity index (χ2n) is 7.72. The van der Waals surface area contributed by atoms with E-state index in [-0.39, 0.29) is 11.3 Å². The van der Waals surface area contributed by atoms with Crippen LogP contribution in [-0.2, 0) is 14.3 Å². The van der Waals surface area contributed by atoms with Crippen molar-refractivity contribution in [3.8, 4) is 0 Å². The van der Waals surface area contributed by atoms with Gasteiger partial charge in [0, 0.05) is 31.7 Å². The number of hydrogen-bond donors (Lipinski definition) is 1. The number of benzene rings is 2. The Labute approximate surface area is 176 Å². The Morgan fingerprint density at radius 3 is 2.33 bits per heavy atom. The predicted molar refractivity (Wildman–Crippen MR) is 114 cm³/mol. The van der Waals surface area contributed by atoms with Gasteiger partial charge in [-0.1, -0.05) is 60.2 Å². The summed E-state index contributed by atoms with van der Waals surface area (Å²) in [4.78, 5) is 29.8. The molecule has 30 heavy (non-hydrogen) atoms. The molecule has 1 N–H and O–H groups in total. The van der Waals surface area contributed by atoms with E-state index in [9.17, 15) is 14.7 Å². The molecule has 2 saturated heterocycles. The minimum atomic E-state index is -0.635. The summed E-state index contributed by atoms with van der Waals surface area (Å²) in [6.07, 6.45) is 0. The number of hydrogen-bond acceptors (Lipinski definition) is 5. The van der Waals surface area contributed by atoms with Crippen molar-refractivity contribution in [2.75, 3.05) is 39.4 Å². The topological polar surface area (TPSA) is 70.1 Å². The molecular formula is C24H26N2O4. The fourth-order valence-corrected chi connectivity index (χ4v) is 4.03. The zero-order valence-corrected chi connectivity index (χ0v) is 17.1. The van der Waals surface area contributed by atoms with E-state index in [1.165, 1.54) is 0 Å². The molecule has 0 aromatic heterocycles. The van der Waals surface area contributed by atoms with E-state index in [0.717, 1.165) is 24.2 Å². The Bertz CT molecular complexity index is 947. The van der Waals surface area contributed by atoms with Crippen LogP contribution in [0.4, 0.5) is 0 Å². The lowest BCUT2D eigenvalue weighted by molar-refractivity contribution is -0.140. The van der Waals surface area contributed by atoms with Gasteiger partial charge in [0.1, 0.15) is 5.76 Å². The number of nitrogens with zero attached hydrogens (tertiary/aromatic N) is 2. The van der Waals surface area contributed by atoms with E-state index < -0.39 is 17.7 Å². The monoisotopic (exact) mass is 406 g/mol. The van der Waals surface area contributed by atoms with Crippen molar-refractivity contribution in [3.05, 3.63) is 76.9 Å². The van der Waals surface area contributed by atoms with Crippen molar-refractivity contribution in [3.63, 3.8) is 0 Å². The second-order valence-corrected chi connectivity index (χ2v) is 7.72. The van der Waals surface area contributed by atoms with Crippen LogP contribution in [0.2, 0.25) is 0 Å². The zero-order chi connectivity index (χ0) is 21.1. The van der Waals surface area contributed by atoms with Crippen LogP contribution in [0.5, 0.6) is 0 Å². The quantitative estimate of drug-likeness (QED) is 0.470. The normalized spacial score (nSPS) is 21.9. The SMILES string of the molecule is Cc1ccc(/C(O)=C2/C(=O)C(=O)N(CCN3CCOCC3)C2c2ccccc2)cc1. The molecule has 1 unspecified atom stereocenters. The first-order valence-corrected chi connectivity index (χ1v) is 10.3. The number of likely N-dealkylation sites (tertiary alicyclic amines) is 1. The van der Waals surface area contributed by atoms with Gasteiger partial charge in [-0.3, -0.25) is 14.5 Å².